The summed E-state index contributed by atoms with van der Waals surface area (Å²) in [6, 6.07) is 20.0. The Labute approximate surface area is 132 Å². The molecule has 2 heteroatoms. The highest BCUT2D eigenvalue weighted by molar-refractivity contribution is 5.94. The van der Waals surface area contributed by atoms with Crippen LogP contribution in [0.15, 0.2) is 72.3 Å². The molecule has 0 radical (unpaired) electrons. The average Bonchev–Trinajstić information content (AvgIpc) is 2.62. The van der Waals surface area contributed by atoms with Crippen molar-refractivity contribution in [3.05, 3.63) is 83.4 Å². The van der Waals surface area contributed by atoms with Gasteiger partial charge in [0.15, 0.2) is 0 Å². The predicted octanol–water partition coefficient (Wildman–Crippen LogP) is 4.61. The van der Waals surface area contributed by atoms with E-state index in [4.69, 9.17) is 0 Å². The fraction of sp³-hybridized carbons (Fsp3) is 0.250. The molecular formula is C20H21NO. The molecule has 0 aromatic heterocycles. The maximum atomic E-state index is 12.9. The number of carbonyl (C=O) groups excluding carboxylic acids is 1. The van der Waals surface area contributed by atoms with Gasteiger partial charge in [0.1, 0.15) is 0 Å². The highest BCUT2D eigenvalue weighted by Crippen LogP contribution is 2.35. The zero-order valence-corrected chi connectivity index (χ0v) is 12.9. The van der Waals surface area contributed by atoms with Crippen molar-refractivity contribution in [2.45, 2.75) is 25.8 Å². The van der Waals surface area contributed by atoms with Crippen molar-refractivity contribution in [3.63, 3.8) is 0 Å². The van der Waals surface area contributed by atoms with E-state index in [9.17, 15) is 4.79 Å². The minimum atomic E-state index is 0.0626. The smallest absolute Gasteiger partial charge is 0.254 e. The second-order valence-electron chi connectivity index (χ2n) is 5.60. The first-order valence-corrected chi connectivity index (χ1v) is 7.91. The predicted molar refractivity (Wildman–Crippen MR) is 89.7 cm³/mol. The first-order valence-electron chi connectivity index (χ1n) is 7.91. The van der Waals surface area contributed by atoms with E-state index in [1.807, 2.05) is 53.4 Å². The third-order valence-corrected chi connectivity index (χ3v) is 4.24. The lowest BCUT2D eigenvalue weighted by molar-refractivity contribution is 0.0693. The largest absolute Gasteiger partial charge is 0.328 e. The summed E-state index contributed by atoms with van der Waals surface area (Å²) >= 11 is 0. The van der Waals surface area contributed by atoms with Crippen LogP contribution in [0, 0.1) is 0 Å². The molecule has 2 nitrogen and oxygen atoms in total. The van der Waals surface area contributed by atoms with Crippen molar-refractivity contribution < 1.29 is 4.79 Å². The van der Waals surface area contributed by atoms with E-state index < -0.39 is 0 Å². The van der Waals surface area contributed by atoms with Crippen LogP contribution in [-0.2, 0) is 0 Å². The molecule has 22 heavy (non-hydrogen) atoms. The molecule has 1 heterocycles. The number of rotatable bonds is 3. The van der Waals surface area contributed by atoms with Crippen molar-refractivity contribution in [2.24, 2.45) is 0 Å². The quantitative estimate of drug-likeness (QED) is 0.756. The summed E-state index contributed by atoms with van der Waals surface area (Å²) in [4.78, 5) is 15.0. The van der Waals surface area contributed by atoms with E-state index in [0.717, 1.165) is 24.9 Å². The summed E-state index contributed by atoms with van der Waals surface area (Å²) in [5.74, 6) is 0.119. The van der Waals surface area contributed by atoms with Crippen LogP contribution in [0.1, 0.15) is 41.7 Å². The van der Waals surface area contributed by atoms with Crippen molar-refractivity contribution in [2.75, 3.05) is 6.54 Å². The molecule has 0 aliphatic carbocycles. The summed E-state index contributed by atoms with van der Waals surface area (Å²) in [6.45, 7) is 2.94. The van der Waals surface area contributed by atoms with Crippen molar-refractivity contribution in [1.82, 2.24) is 4.90 Å². The second kappa shape index (κ2) is 6.61. The molecule has 1 atom stereocenters. The number of carbonyl (C=O) groups is 1. The van der Waals surface area contributed by atoms with Gasteiger partial charge in [0.25, 0.3) is 5.91 Å². The Balaban J connectivity index is 1.98. The van der Waals surface area contributed by atoms with Crippen LogP contribution in [0.4, 0.5) is 0 Å². The van der Waals surface area contributed by atoms with Gasteiger partial charge >= 0.3 is 0 Å². The summed E-state index contributed by atoms with van der Waals surface area (Å²) in [6.07, 6.45) is 4.20. The van der Waals surface area contributed by atoms with Crippen molar-refractivity contribution in [3.8, 4) is 0 Å². The highest BCUT2D eigenvalue weighted by Gasteiger charge is 2.30. The average molecular weight is 291 g/mol. The Morgan fingerprint density at radius 3 is 2.32 bits per heavy atom. The molecular weight excluding hydrogens is 270 g/mol. The molecule has 0 bridgehead atoms. The summed E-state index contributed by atoms with van der Waals surface area (Å²) in [5, 5.41) is 0. The Hall–Kier alpha value is -2.35. The lowest BCUT2D eigenvalue weighted by atomic mass is 9.91. The van der Waals surface area contributed by atoms with Gasteiger partial charge in [-0.25, -0.2) is 0 Å². The third-order valence-electron chi connectivity index (χ3n) is 4.24. The van der Waals surface area contributed by atoms with Gasteiger partial charge in [-0.05, 0) is 36.1 Å². The van der Waals surface area contributed by atoms with Gasteiger partial charge in [0.2, 0.25) is 0 Å². The van der Waals surface area contributed by atoms with Crippen LogP contribution in [-0.4, -0.2) is 17.4 Å². The zero-order valence-electron chi connectivity index (χ0n) is 12.9. The van der Waals surface area contributed by atoms with Crippen LogP contribution >= 0.6 is 0 Å². The van der Waals surface area contributed by atoms with E-state index >= 15 is 0 Å². The van der Waals surface area contributed by atoms with E-state index in [1.54, 1.807) is 0 Å². The number of hydrogen-bond donors (Lipinski definition) is 0. The van der Waals surface area contributed by atoms with Crippen LogP contribution in [0.2, 0.25) is 0 Å². The topological polar surface area (TPSA) is 20.3 Å². The van der Waals surface area contributed by atoms with Crippen LogP contribution < -0.4 is 0 Å². The van der Waals surface area contributed by atoms with Gasteiger partial charge in [0, 0.05) is 12.1 Å². The van der Waals surface area contributed by atoms with Gasteiger partial charge in [-0.15, -0.1) is 0 Å². The van der Waals surface area contributed by atoms with E-state index in [0.29, 0.717) is 0 Å². The highest BCUT2D eigenvalue weighted by atomic mass is 16.2. The van der Waals surface area contributed by atoms with Gasteiger partial charge < -0.3 is 4.90 Å². The number of nitrogens with zero attached hydrogens (tertiary/aromatic N) is 1. The Morgan fingerprint density at radius 1 is 1.05 bits per heavy atom. The zero-order chi connectivity index (χ0) is 15.4. The molecule has 2 aromatic rings. The normalized spacial score (nSPS) is 18.0. The monoisotopic (exact) mass is 291 g/mol. The maximum Gasteiger partial charge on any atom is 0.254 e. The van der Waals surface area contributed by atoms with E-state index in [-0.39, 0.29) is 11.9 Å². The fourth-order valence-corrected chi connectivity index (χ4v) is 3.16. The van der Waals surface area contributed by atoms with Crippen molar-refractivity contribution in [1.29, 1.82) is 0 Å². The lowest BCUT2D eigenvalue weighted by Crippen LogP contribution is -2.38. The summed E-state index contributed by atoms with van der Waals surface area (Å²) in [5.41, 5.74) is 3.29. The Morgan fingerprint density at radius 2 is 1.68 bits per heavy atom. The number of hydrogen-bond acceptors (Lipinski definition) is 1. The third kappa shape index (κ3) is 2.82. The molecule has 3 rings (SSSR count). The fourth-order valence-electron chi connectivity index (χ4n) is 3.16. The standard InChI is InChI=1S/C20H21NO/c1-2-16-14-9-15-21(19(16)17-10-5-3-6-11-17)20(22)18-12-7-4-8-13-18/h3-8,10-14,19H,2,9,15H2,1H3. The Bertz CT molecular complexity index is 661. The van der Waals surface area contributed by atoms with Crippen LogP contribution in [0.3, 0.4) is 0 Å². The van der Waals surface area contributed by atoms with Crippen molar-refractivity contribution >= 4 is 5.91 Å². The summed E-state index contributed by atoms with van der Waals surface area (Å²) < 4.78 is 0. The molecule has 0 N–H and O–H groups in total. The van der Waals surface area contributed by atoms with Crippen LogP contribution in [0.5, 0.6) is 0 Å². The Kier molecular flexibility index (Phi) is 4.38. The minimum Gasteiger partial charge on any atom is -0.328 e. The number of amides is 1. The molecule has 1 amide bonds. The molecule has 1 aliphatic rings. The molecule has 0 fully saturated rings. The second-order valence-corrected chi connectivity index (χ2v) is 5.60. The lowest BCUT2D eigenvalue weighted by Gasteiger charge is -2.37. The molecule has 1 unspecified atom stereocenters. The molecule has 0 saturated heterocycles. The molecule has 112 valence electrons. The van der Waals surface area contributed by atoms with Gasteiger partial charge in [-0.3, -0.25) is 4.79 Å². The van der Waals surface area contributed by atoms with Gasteiger partial charge in [0.05, 0.1) is 6.04 Å². The maximum absolute atomic E-state index is 12.9. The first-order chi connectivity index (χ1) is 10.8. The molecule has 1 aliphatic heterocycles. The van der Waals surface area contributed by atoms with Gasteiger partial charge in [-0.1, -0.05) is 61.5 Å². The minimum absolute atomic E-state index is 0.0626. The first kappa shape index (κ1) is 14.6. The molecule has 0 spiro atoms. The summed E-state index contributed by atoms with van der Waals surface area (Å²) in [7, 11) is 0. The molecule has 0 saturated carbocycles. The SMILES string of the molecule is CCC1=CCCN(C(=O)c2ccccc2)C1c1ccccc1. The van der Waals surface area contributed by atoms with Crippen LogP contribution in [0.25, 0.3) is 0 Å². The van der Waals surface area contributed by atoms with E-state index in [2.05, 4.69) is 25.1 Å². The van der Waals surface area contributed by atoms with E-state index in [1.165, 1.54) is 11.1 Å². The van der Waals surface area contributed by atoms with Gasteiger partial charge in [-0.2, -0.15) is 0 Å². The number of benzene rings is 2. The molecule has 2 aromatic carbocycles.